The Morgan fingerprint density at radius 2 is 1.20 bits per heavy atom. The largest absolute Gasteiger partial charge is 0.377 e. The molecule has 0 amide bonds. The van der Waals surface area contributed by atoms with E-state index in [0.29, 0.717) is 12.8 Å². The normalized spacial score (nSPS) is 19.1. The van der Waals surface area contributed by atoms with E-state index in [1.807, 2.05) is 0 Å². The highest BCUT2D eigenvalue weighted by Crippen LogP contribution is 2.37. The number of benzene rings is 1. The molecule has 6 heteroatoms. The third-order valence-corrected chi connectivity index (χ3v) is 3.90. The van der Waals surface area contributed by atoms with Crippen LogP contribution in [0.15, 0.2) is 0 Å². The highest BCUT2D eigenvalue weighted by molar-refractivity contribution is 5.48. The summed E-state index contributed by atoms with van der Waals surface area (Å²) in [6, 6.07) is -0.281. The molecule has 2 rings (SSSR count). The summed E-state index contributed by atoms with van der Waals surface area (Å²) in [7, 11) is 0. The van der Waals surface area contributed by atoms with Gasteiger partial charge in [0.2, 0.25) is 5.82 Å². The lowest BCUT2D eigenvalue weighted by atomic mass is 9.75. The van der Waals surface area contributed by atoms with Crippen molar-refractivity contribution in [3.05, 3.63) is 29.1 Å². The summed E-state index contributed by atoms with van der Waals surface area (Å²) in [6.45, 7) is 4.17. The van der Waals surface area contributed by atoms with Gasteiger partial charge in [0.05, 0.1) is 0 Å². The predicted molar refractivity (Wildman–Crippen MR) is 65.9 cm³/mol. The monoisotopic (exact) mass is 293 g/mol. The fourth-order valence-electron chi connectivity index (χ4n) is 2.48. The van der Waals surface area contributed by atoms with Gasteiger partial charge in [0.25, 0.3) is 0 Å². The van der Waals surface area contributed by atoms with Crippen molar-refractivity contribution in [2.24, 2.45) is 5.41 Å². The van der Waals surface area contributed by atoms with Gasteiger partial charge in [0.15, 0.2) is 23.3 Å². The van der Waals surface area contributed by atoms with Crippen molar-refractivity contribution < 1.29 is 22.0 Å². The first-order valence-electron chi connectivity index (χ1n) is 6.51. The van der Waals surface area contributed by atoms with Crippen LogP contribution in [0.3, 0.4) is 0 Å². The third kappa shape index (κ3) is 2.74. The van der Waals surface area contributed by atoms with Gasteiger partial charge < -0.3 is 5.32 Å². The van der Waals surface area contributed by atoms with Gasteiger partial charge in [-0.15, -0.1) is 0 Å². The van der Waals surface area contributed by atoms with E-state index in [9.17, 15) is 22.0 Å². The highest BCUT2D eigenvalue weighted by atomic mass is 19.2. The van der Waals surface area contributed by atoms with E-state index in [0.717, 1.165) is 12.8 Å². The number of nitrogens with one attached hydrogen (secondary N) is 1. The Morgan fingerprint density at radius 3 is 1.65 bits per heavy atom. The van der Waals surface area contributed by atoms with Gasteiger partial charge in [-0.3, -0.25) is 0 Å². The number of anilines is 1. The molecule has 1 aliphatic rings. The maximum Gasteiger partial charge on any atom is 0.200 e. The smallest absolute Gasteiger partial charge is 0.200 e. The molecule has 1 saturated carbocycles. The van der Waals surface area contributed by atoms with Gasteiger partial charge in [-0.25, -0.2) is 22.0 Å². The molecule has 0 bridgehead atoms. The molecule has 0 aliphatic heterocycles. The lowest BCUT2D eigenvalue weighted by Gasteiger charge is -2.35. The molecular formula is C14H16F5N. The van der Waals surface area contributed by atoms with Crippen molar-refractivity contribution in [2.45, 2.75) is 45.6 Å². The summed E-state index contributed by atoms with van der Waals surface area (Å²) in [5, 5.41) is 2.47. The lowest BCUT2D eigenvalue weighted by molar-refractivity contribution is 0.232. The second-order valence-corrected chi connectivity index (χ2v) is 6.03. The van der Waals surface area contributed by atoms with Crippen LogP contribution in [0.25, 0.3) is 0 Å². The Bertz CT molecular complexity index is 488. The van der Waals surface area contributed by atoms with Crippen LogP contribution in [0, 0.1) is 34.5 Å². The van der Waals surface area contributed by atoms with Gasteiger partial charge in [0.1, 0.15) is 5.69 Å². The average Bonchev–Trinajstić information content (AvgIpc) is 2.41. The predicted octanol–water partition coefficient (Wildman–Crippen LogP) is 4.76. The van der Waals surface area contributed by atoms with E-state index in [1.54, 1.807) is 0 Å². The number of rotatable bonds is 2. The SMILES string of the molecule is CC1(C)CCC(Nc2c(F)c(F)c(F)c(F)c2F)CC1. The van der Waals surface area contributed by atoms with Crippen LogP contribution in [-0.4, -0.2) is 6.04 Å². The van der Waals surface area contributed by atoms with Gasteiger partial charge in [-0.1, -0.05) is 13.8 Å². The van der Waals surface area contributed by atoms with Crippen molar-refractivity contribution >= 4 is 5.69 Å². The molecule has 0 unspecified atom stereocenters. The molecule has 1 aliphatic carbocycles. The Kier molecular flexibility index (Phi) is 3.93. The Labute approximate surface area is 114 Å². The van der Waals surface area contributed by atoms with Crippen LogP contribution in [-0.2, 0) is 0 Å². The highest BCUT2D eigenvalue weighted by Gasteiger charge is 2.30. The van der Waals surface area contributed by atoms with Crippen LogP contribution in [0.1, 0.15) is 39.5 Å². The first-order chi connectivity index (χ1) is 9.23. The molecule has 112 valence electrons. The van der Waals surface area contributed by atoms with E-state index in [-0.39, 0.29) is 11.5 Å². The fourth-order valence-corrected chi connectivity index (χ4v) is 2.48. The molecule has 0 heterocycles. The Balaban J connectivity index is 2.23. The van der Waals surface area contributed by atoms with Gasteiger partial charge in [0, 0.05) is 6.04 Å². The minimum absolute atomic E-state index is 0.147. The third-order valence-electron chi connectivity index (χ3n) is 3.90. The standard InChI is InChI=1S/C14H16F5N/c1-14(2)5-3-7(4-6-14)20-13-11(18)9(16)8(15)10(17)12(13)19/h7,20H,3-6H2,1-2H3. The molecule has 1 nitrogen and oxygen atoms in total. The minimum Gasteiger partial charge on any atom is -0.377 e. The molecule has 1 fully saturated rings. The van der Waals surface area contributed by atoms with Crippen molar-refractivity contribution in [2.75, 3.05) is 5.32 Å². The number of hydrogen-bond donors (Lipinski definition) is 1. The zero-order valence-corrected chi connectivity index (χ0v) is 11.3. The second kappa shape index (κ2) is 5.22. The molecule has 1 N–H and O–H groups in total. The van der Waals surface area contributed by atoms with E-state index >= 15 is 0 Å². The van der Waals surface area contributed by atoms with Crippen LogP contribution < -0.4 is 5.32 Å². The first-order valence-corrected chi connectivity index (χ1v) is 6.51. The summed E-state index contributed by atoms with van der Waals surface area (Å²) < 4.78 is 66.1. The summed E-state index contributed by atoms with van der Waals surface area (Å²) >= 11 is 0. The van der Waals surface area contributed by atoms with Gasteiger partial charge >= 0.3 is 0 Å². The van der Waals surface area contributed by atoms with Gasteiger partial charge in [-0.2, -0.15) is 0 Å². The average molecular weight is 293 g/mol. The van der Waals surface area contributed by atoms with Crippen LogP contribution in [0.5, 0.6) is 0 Å². The maximum atomic E-state index is 13.5. The molecule has 1 aromatic rings. The maximum absolute atomic E-state index is 13.5. The topological polar surface area (TPSA) is 12.0 Å². The molecular weight excluding hydrogens is 277 g/mol. The zero-order chi connectivity index (χ0) is 15.1. The van der Waals surface area contributed by atoms with Crippen molar-refractivity contribution in [1.82, 2.24) is 0 Å². The molecule has 0 spiro atoms. The van der Waals surface area contributed by atoms with Crippen molar-refractivity contribution in [3.63, 3.8) is 0 Å². The van der Waals surface area contributed by atoms with E-state index in [4.69, 9.17) is 0 Å². The molecule has 1 aromatic carbocycles. The Hall–Kier alpha value is -1.33. The van der Waals surface area contributed by atoms with Crippen molar-refractivity contribution in [3.8, 4) is 0 Å². The first kappa shape index (κ1) is 15.1. The molecule has 0 aromatic heterocycles. The summed E-state index contributed by atoms with van der Waals surface area (Å²) in [5.41, 5.74) is -0.778. The molecule has 20 heavy (non-hydrogen) atoms. The van der Waals surface area contributed by atoms with E-state index in [2.05, 4.69) is 19.2 Å². The number of hydrogen-bond acceptors (Lipinski definition) is 1. The van der Waals surface area contributed by atoms with Crippen LogP contribution >= 0.6 is 0 Å². The van der Waals surface area contributed by atoms with Crippen LogP contribution in [0.2, 0.25) is 0 Å². The minimum atomic E-state index is -2.13. The van der Waals surface area contributed by atoms with Gasteiger partial charge in [-0.05, 0) is 31.1 Å². The lowest BCUT2D eigenvalue weighted by Crippen LogP contribution is -2.30. The zero-order valence-electron chi connectivity index (χ0n) is 11.3. The fraction of sp³-hybridized carbons (Fsp3) is 0.571. The summed E-state index contributed by atoms with van der Waals surface area (Å²) in [4.78, 5) is 0. The van der Waals surface area contributed by atoms with E-state index in [1.165, 1.54) is 0 Å². The summed E-state index contributed by atoms with van der Waals surface area (Å²) in [5.74, 6) is -9.56. The summed E-state index contributed by atoms with van der Waals surface area (Å²) in [6.07, 6.45) is 2.93. The van der Waals surface area contributed by atoms with Crippen molar-refractivity contribution in [1.29, 1.82) is 0 Å². The molecule has 0 atom stereocenters. The van der Waals surface area contributed by atoms with E-state index < -0.39 is 34.8 Å². The van der Waals surface area contributed by atoms with Crippen LogP contribution in [0.4, 0.5) is 27.6 Å². The molecule has 0 saturated heterocycles. The Morgan fingerprint density at radius 1 is 0.800 bits per heavy atom. The number of halogens is 5. The second-order valence-electron chi connectivity index (χ2n) is 6.03. The molecule has 0 radical (unpaired) electrons. The quantitative estimate of drug-likeness (QED) is 0.471.